The summed E-state index contributed by atoms with van der Waals surface area (Å²) in [5, 5.41) is 9.91. The van der Waals surface area contributed by atoms with Gasteiger partial charge in [-0.25, -0.2) is 4.39 Å². The Bertz CT molecular complexity index is 478. The molecule has 2 heterocycles. The number of nitrogens with zero attached hydrogens (tertiary/aromatic N) is 2. The van der Waals surface area contributed by atoms with Gasteiger partial charge in [-0.15, -0.1) is 0 Å². The Morgan fingerprint density at radius 3 is 2.85 bits per heavy atom. The molecule has 1 unspecified atom stereocenters. The average Bonchev–Trinajstić information content (AvgIpc) is 2.76. The van der Waals surface area contributed by atoms with Gasteiger partial charge >= 0.3 is 0 Å². The van der Waals surface area contributed by atoms with Gasteiger partial charge in [0.25, 0.3) is 0 Å². The molecular weight excluding hydrogens is 255 g/mol. The maximum Gasteiger partial charge on any atom is 0.123 e. The van der Waals surface area contributed by atoms with Crippen LogP contribution >= 0.6 is 0 Å². The molecule has 1 aromatic rings. The number of hydrogen-bond acceptors (Lipinski definition) is 3. The summed E-state index contributed by atoms with van der Waals surface area (Å²) in [5.74, 6) is -0.276. The molecule has 0 amide bonds. The summed E-state index contributed by atoms with van der Waals surface area (Å²) in [4.78, 5) is 4.91. The van der Waals surface area contributed by atoms with Crippen LogP contribution in [0.5, 0.6) is 0 Å². The minimum Gasteiger partial charge on any atom is -0.389 e. The third kappa shape index (κ3) is 2.67. The second kappa shape index (κ2) is 5.70. The van der Waals surface area contributed by atoms with E-state index in [1.54, 1.807) is 6.92 Å². The molecule has 0 aliphatic carbocycles. The number of hydrogen-bond donors (Lipinski definition) is 1. The molecule has 0 saturated carbocycles. The van der Waals surface area contributed by atoms with Crippen molar-refractivity contribution < 1.29 is 9.50 Å². The van der Waals surface area contributed by atoms with Gasteiger partial charge in [-0.3, -0.25) is 4.90 Å². The predicted molar refractivity (Wildman–Crippen MR) is 78.5 cm³/mol. The van der Waals surface area contributed by atoms with E-state index < -0.39 is 6.10 Å². The van der Waals surface area contributed by atoms with Crippen LogP contribution in [0, 0.1) is 5.82 Å². The van der Waals surface area contributed by atoms with Crippen LogP contribution in [-0.2, 0) is 0 Å². The van der Waals surface area contributed by atoms with E-state index in [2.05, 4.69) is 9.80 Å². The summed E-state index contributed by atoms with van der Waals surface area (Å²) >= 11 is 0. The van der Waals surface area contributed by atoms with Crippen molar-refractivity contribution in [2.45, 2.75) is 38.3 Å². The van der Waals surface area contributed by atoms with Crippen molar-refractivity contribution in [2.75, 3.05) is 31.1 Å². The molecule has 3 nitrogen and oxygen atoms in total. The zero-order chi connectivity index (χ0) is 14.1. The fourth-order valence-electron chi connectivity index (χ4n) is 3.57. The second-order valence-corrected chi connectivity index (χ2v) is 6.01. The van der Waals surface area contributed by atoms with E-state index in [1.807, 2.05) is 6.07 Å². The lowest BCUT2D eigenvalue weighted by Gasteiger charge is -2.29. The molecule has 4 heteroatoms. The van der Waals surface area contributed by atoms with E-state index >= 15 is 0 Å². The number of benzene rings is 1. The summed E-state index contributed by atoms with van der Waals surface area (Å²) in [6.07, 6.45) is 3.03. The van der Waals surface area contributed by atoms with Crippen molar-refractivity contribution in [3.05, 3.63) is 29.6 Å². The Morgan fingerprint density at radius 1 is 1.25 bits per heavy atom. The normalized spacial score (nSPS) is 25.4. The van der Waals surface area contributed by atoms with E-state index in [1.165, 1.54) is 31.5 Å². The summed E-state index contributed by atoms with van der Waals surface area (Å²) in [7, 11) is 0. The summed E-state index contributed by atoms with van der Waals surface area (Å²) in [6, 6.07) is 5.40. The van der Waals surface area contributed by atoms with Crippen molar-refractivity contribution in [1.29, 1.82) is 0 Å². The van der Waals surface area contributed by atoms with Gasteiger partial charge in [0.1, 0.15) is 5.82 Å². The molecule has 3 rings (SSSR count). The molecule has 1 aromatic carbocycles. The molecule has 2 aliphatic heterocycles. The number of aliphatic hydroxyl groups is 1. The van der Waals surface area contributed by atoms with Gasteiger partial charge in [-0.05, 0) is 50.9 Å². The molecule has 2 saturated heterocycles. The lowest BCUT2D eigenvalue weighted by atomic mass is 10.1. The van der Waals surface area contributed by atoms with Gasteiger partial charge in [-0.2, -0.15) is 0 Å². The smallest absolute Gasteiger partial charge is 0.123 e. The number of aliphatic hydroxyl groups excluding tert-OH is 1. The number of fused-ring (bicyclic) bond motifs is 1. The van der Waals surface area contributed by atoms with Gasteiger partial charge in [0.2, 0.25) is 0 Å². The van der Waals surface area contributed by atoms with Crippen LogP contribution in [0.2, 0.25) is 0 Å². The van der Waals surface area contributed by atoms with Crippen LogP contribution in [0.15, 0.2) is 18.2 Å². The van der Waals surface area contributed by atoms with Gasteiger partial charge < -0.3 is 10.0 Å². The summed E-state index contributed by atoms with van der Waals surface area (Å²) in [5.41, 5.74) is 1.70. The van der Waals surface area contributed by atoms with Gasteiger partial charge in [-0.1, -0.05) is 0 Å². The SMILES string of the molecule is C[C@@H](O)c1cc(F)ccc1N1CCCN2CCCC2C1. The molecule has 2 atom stereocenters. The van der Waals surface area contributed by atoms with E-state index in [0.29, 0.717) is 11.6 Å². The third-order valence-electron chi connectivity index (χ3n) is 4.58. The standard InChI is InChI=1S/C16H23FN2O/c1-12(20)15-10-13(17)5-6-16(15)19-9-3-8-18-7-2-4-14(18)11-19/h5-6,10,12,14,20H,2-4,7-9,11H2,1H3/t12-,14?/m1/s1. The minimum atomic E-state index is -0.636. The van der Waals surface area contributed by atoms with E-state index in [0.717, 1.165) is 31.7 Å². The van der Waals surface area contributed by atoms with Crippen molar-refractivity contribution in [3.63, 3.8) is 0 Å². The first-order valence-electron chi connectivity index (χ1n) is 7.61. The first-order valence-corrected chi connectivity index (χ1v) is 7.61. The van der Waals surface area contributed by atoms with E-state index in [9.17, 15) is 9.50 Å². The van der Waals surface area contributed by atoms with Gasteiger partial charge in [0.15, 0.2) is 0 Å². The molecule has 110 valence electrons. The Morgan fingerprint density at radius 2 is 2.05 bits per heavy atom. The third-order valence-corrected chi connectivity index (χ3v) is 4.58. The van der Waals surface area contributed by atoms with Gasteiger partial charge in [0.05, 0.1) is 6.10 Å². The highest BCUT2D eigenvalue weighted by atomic mass is 19.1. The molecule has 0 bridgehead atoms. The molecule has 0 spiro atoms. The van der Waals surface area contributed by atoms with Crippen LogP contribution in [0.3, 0.4) is 0 Å². The zero-order valence-corrected chi connectivity index (χ0v) is 12.1. The van der Waals surface area contributed by atoms with Crippen LogP contribution in [-0.4, -0.2) is 42.2 Å². The molecule has 0 radical (unpaired) electrons. The lowest BCUT2D eigenvalue weighted by molar-refractivity contribution is 0.199. The van der Waals surface area contributed by atoms with Crippen molar-refractivity contribution >= 4 is 5.69 Å². The molecule has 0 aromatic heterocycles. The fraction of sp³-hybridized carbons (Fsp3) is 0.625. The summed E-state index contributed by atoms with van der Waals surface area (Å²) in [6.45, 7) is 6.05. The molecule has 1 N–H and O–H groups in total. The Labute approximate surface area is 120 Å². The quantitative estimate of drug-likeness (QED) is 0.900. The Balaban J connectivity index is 1.87. The van der Waals surface area contributed by atoms with Crippen molar-refractivity contribution in [2.24, 2.45) is 0 Å². The maximum absolute atomic E-state index is 13.4. The van der Waals surface area contributed by atoms with Crippen molar-refractivity contribution in [1.82, 2.24) is 4.90 Å². The number of halogens is 1. The van der Waals surface area contributed by atoms with Crippen LogP contribution < -0.4 is 4.90 Å². The second-order valence-electron chi connectivity index (χ2n) is 6.01. The molecular formula is C16H23FN2O. The highest BCUT2D eigenvalue weighted by molar-refractivity contribution is 5.55. The average molecular weight is 278 g/mol. The monoisotopic (exact) mass is 278 g/mol. The fourth-order valence-corrected chi connectivity index (χ4v) is 3.57. The highest BCUT2D eigenvalue weighted by Crippen LogP contribution is 2.30. The Kier molecular flexibility index (Phi) is 3.94. The highest BCUT2D eigenvalue weighted by Gasteiger charge is 2.29. The van der Waals surface area contributed by atoms with Gasteiger partial charge in [0, 0.05) is 36.9 Å². The molecule has 2 aliphatic rings. The largest absolute Gasteiger partial charge is 0.389 e. The minimum absolute atomic E-state index is 0.276. The number of anilines is 1. The number of rotatable bonds is 2. The van der Waals surface area contributed by atoms with E-state index in [4.69, 9.17) is 0 Å². The Hall–Kier alpha value is -1.13. The zero-order valence-electron chi connectivity index (χ0n) is 12.1. The molecule has 2 fully saturated rings. The predicted octanol–water partition coefficient (Wildman–Crippen LogP) is 2.55. The first kappa shape index (κ1) is 13.8. The van der Waals surface area contributed by atoms with Crippen LogP contribution in [0.4, 0.5) is 10.1 Å². The first-order chi connectivity index (χ1) is 9.65. The summed E-state index contributed by atoms with van der Waals surface area (Å²) < 4.78 is 13.4. The maximum atomic E-state index is 13.4. The topological polar surface area (TPSA) is 26.7 Å². The van der Waals surface area contributed by atoms with Crippen LogP contribution in [0.25, 0.3) is 0 Å². The van der Waals surface area contributed by atoms with Crippen molar-refractivity contribution in [3.8, 4) is 0 Å². The van der Waals surface area contributed by atoms with E-state index in [-0.39, 0.29) is 5.82 Å². The van der Waals surface area contributed by atoms with Crippen LogP contribution in [0.1, 0.15) is 37.9 Å². The lowest BCUT2D eigenvalue weighted by Crippen LogP contribution is -2.37. The molecule has 20 heavy (non-hydrogen) atoms.